The lowest BCUT2D eigenvalue weighted by Gasteiger charge is -2.37. The molecule has 0 radical (unpaired) electrons. The van der Waals surface area contributed by atoms with E-state index in [1.54, 1.807) is 0 Å². The average Bonchev–Trinajstić information content (AvgIpc) is 2.37. The van der Waals surface area contributed by atoms with Gasteiger partial charge in [0.1, 0.15) is 0 Å². The normalized spacial score (nSPS) is 18.4. The van der Waals surface area contributed by atoms with E-state index in [-0.39, 0.29) is 10.8 Å². The van der Waals surface area contributed by atoms with Gasteiger partial charge in [0.25, 0.3) is 0 Å². The molecule has 3 heteroatoms. The van der Waals surface area contributed by atoms with E-state index in [4.69, 9.17) is 5.26 Å². The van der Waals surface area contributed by atoms with Crippen LogP contribution in [0.1, 0.15) is 62.3 Å². The van der Waals surface area contributed by atoms with Crippen LogP contribution in [0.3, 0.4) is 0 Å². The highest BCUT2D eigenvalue weighted by Crippen LogP contribution is 2.36. The van der Waals surface area contributed by atoms with Crippen LogP contribution < -0.4 is 0 Å². The van der Waals surface area contributed by atoms with Crippen molar-refractivity contribution < 1.29 is 0 Å². The maximum atomic E-state index is 8.68. The van der Waals surface area contributed by atoms with Crippen molar-refractivity contribution in [1.29, 1.82) is 5.26 Å². The molecule has 1 aliphatic rings. The molecule has 130 valence electrons. The Hall–Kier alpha value is -0.590. The Kier molecular flexibility index (Phi) is 8.09. The van der Waals surface area contributed by atoms with Crippen LogP contribution in [-0.2, 0) is 0 Å². The molecule has 0 atom stereocenters. The van der Waals surface area contributed by atoms with E-state index >= 15 is 0 Å². The molecule has 0 N–H and O–H groups in total. The van der Waals surface area contributed by atoms with Crippen molar-refractivity contribution in [3.8, 4) is 6.07 Å². The van der Waals surface area contributed by atoms with Crippen molar-refractivity contribution >= 4 is 0 Å². The van der Waals surface area contributed by atoms with Crippen LogP contribution in [0.15, 0.2) is 0 Å². The Labute approximate surface area is 139 Å². The summed E-state index contributed by atoms with van der Waals surface area (Å²) in [5, 5.41) is 8.68. The predicted molar refractivity (Wildman–Crippen MR) is 96.9 cm³/mol. The molecule has 0 aliphatic carbocycles. The second kappa shape index (κ2) is 8.31. The van der Waals surface area contributed by atoms with E-state index < -0.39 is 0 Å². The Morgan fingerprint density at radius 3 is 1.45 bits per heavy atom. The Bertz CT molecular complexity index is 344. The predicted octanol–water partition coefficient (Wildman–Crippen LogP) is 4.25. The fourth-order valence-electron chi connectivity index (χ4n) is 2.10. The van der Waals surface area contributed by atoms with Crippen LogP contribution >= 0.6 is 0 Å². The van der Waals surface area contributed by atoms with Gasteiger partial charge in [-0.15, -0.1) is 0 Å². The van der Waals surface area contributed by atoms with Gasteiger partial charge in [0.2, 0.25) is 0 Å². The zero-order valence-corrected chi connectivity index (χ0v) is 16.6. The van der Waals surface area contributed by atoms with Crippen molar-refractivity contribution in [3.63, 3.8) is 0 Å². The summed E-state index contributed by atoms with van der Waals surface area (Å²) in [7, 11) is 0. The first-order chi connectivity index (χ1) is 9.82. The fraction of sp³-hybridized carbons (Fsp3) is 0.947. The Balaban J connectivity index is 0.000000433. The van der Waals surface area contributed by atoms with Crippen LogP contribution in [-0.4, -0.2) is 49.1 Å². The molecule has 1 rings (SSSR count). The number of hydrogen-bond acceptors (Lipinski definition) is 3. The number of rotatable bonds is 2. The lowest BCUT2D eigenvalue weighted by Crippen LogP contribution is -2.48. The van der Waals surface area contributed by atoms with Gasteiger partial charge in [-0.2, -0.15) is 5.26 Å². The highest BCUT2D eigenvalue weighted by atomic mass is 15.3. The molecule has 1 aliphatic heterocycles. The van der Waals surface area contributed by atoms with Gasteiger partial charge in [-0.25, -0.2) is 0 Å². The monoisotopic (exact) mass is 309 g/mol. The molecule has 1 fully saturated rings. The summed E-state index contributed by atoms with van der Waals surface area (Å²) < 4.78 is 0. The molecule has 0 spiro atoms. The summed E-state index contributed by atoms with van der Waals surface area (Å²) in [5.41, 5.74) is 0.323. The van der Waals surface area contributed by atoms with Crippen LogP contribution in [0.2, 0.25) is 0 Å². The van der Waals surface area contributed by atoms with E-state index in [0.717, 1.165) is 0 Å². The Morgan fingerprint density at radius 1 is 0.818 bits per heavy atom. The van der Waals surface area contributed by atoms with Gasteiger partial charge in [-0.05, 0) is 31.2 Å². The molecule has 0 aromatic carbocycles. The summed E-state index contributed by atoms with van der Waals surface area (Å²) >= 11 is 0. The highest BCUT2D eigenvalue weighted by molar-refractivity contribution is 4.99. The van der Waals surface area contributed by atoms with Crippen LogP contribution in [0, 0.1) is 27.6 Å². The first-order valence-electron chi connectivity index (χ1n) is 8.68. The van der Waals surface area contributed by atoms with E-state index in [1.807, 2.05) is 13.8 Å². The van der Waals surface area contributed by atoms with Gasteiger partial charge in [0, 0.05) is 32.7 Å². The quantitative estimate of drug-likeness (QED) is 0.764. The first-order valence-corrected chi connectivity index (χ1v) is 8.68. The first kappa shape index (κ1) is 21.4. The summed E-state index contributed by atoms with van der Waals surface area (Å²) in [6, 6.07) is 2.28. The molecular weight excluding hydrogens is 270 g/mol. The van der Waals surface area contributed by atoms with Crippen LogP contribution in [0.25, 0.3) is 0 Å². The minimum Gasteiger partial charge on any atom is -0.301 e. The fourth-order valence-corrected chi connectivity index (χ4v) is 2.10. The minimum absolute atomic E-state index is 0.0851. The van der Waals surface area contributed by atoms with Gasteiger partial charge < -0.3 is 9.80 Å². The summed E-state index contributed by atoms with van der Waals surface area (Å²) in [5.74, 6) is 0. The topological polar surface area (TPSA) is 30.3 Å². The third-order valence-corrected chi connectivity index (χ3v) is 4.76. The van der Waals surface area contributed by atoms with Crippen molar-refractivity contribution in [2.45, 2.75) is 62.3 Å². The molecule has 1 heterocycles. The van der Waals surface area contributed by atoms with Crippen molar-refractivity contribution in [2.24, 2.45) is 16.2 Å². The van der Waals surface area contributed by atoms with Crippen molar-refractivity contribution in [1.82, 2.24) is 9.80 Å². The van der Waals surface area contributed by atoms with E-state index in [1.165, 1.54) is 39.3 Å². The van der Waals surface area contributed by atoms with Crippen molar-refractivity contribution in [3.05, 3.63) is 0 Å². The standard InChI is InChI=1S/C11H24N2.C8H15N/c1-5-12-6-8-13(9-7-12)10-11(2,3)4;1-7(2,3)8(4,5)6-9/h5-10H2,1-4H3;1-5H3. The number of nitriles is 1. The van der Waals surface area contributed by atoms with E-state index in [2.05, 4.69) is 64.3 Å². The van der Waals surface area contributed by atoms with E-state index in [9.17, 15) is 0 Å². The molecule has 0 aromatic heterocycles. The van der Waals surface area contributed by atoms with Gasteiger partial charge in [0.15, 0.2) is 0 Å². The van der Waals surface area contributed by atoms with Gasteiger partial charge >= 0.3 is 0 Å². The molecule has 0 bridgehead atoms. The number of likely N-dealkylation sites (N-methyl/N-ethyl adjacent to an activating group) is 1. The largest absolute Gasteiger partial charge is 0.301 e. The lowest BCUT2D eigenvalue weighted by atomic mass is 9.70. The molecule has 0 aromatic rings. The summed E-state index contributed by atoms with van der Waals surface area (Å²) in [6.07, 6.45) is 0. The number of hydrogen-bond donors (Lipinski definition) is 0. The highest BCUT2D eigenvalue weighted by Gasteiger charge is 2.32. The van der Waals surface area contributed by atoms with Gasteiger partial charge in [0.05, 0.1) is 11.5 Å². The Morgan fingerprint density at radius 2 is 1.23 bits per heavy atom. The molecular formula is C19H39N3. The lowest BCUT2D eigenvalue weighted by molar-refractivity contribution is 0.106. The van der Waals surface area contributed by atoms with E-state index in [0.29, 0.717) is 5.41 Å². The maximum Gasteiger partial charge on any atom is 0.0689 e. The number of piperazine rings is 1. The molecule has 0 amide bonds. The van der Waals surface area contributed by atoms with Gasteiger partial charge in [-0.1, -0.05) is 48.5 Å². The van der Waals surface area contributed by atoms with Gasteiger partial charge in [-0.3, -0.25) is 0 Å². The molecule has 3 nitrogen and oxygen atoms in total. The zero-order chi connectivity index (χ0) is 17.6. The van der Waals surface area contributed by atoms with Crippen molar-refractivity contribution in [2.75, 3.05) is 39.3 Å². The third-order valence-electron chi connectivity index (χ3n) is 4.76. The van der Waals surface area contributed by atoms with Crippen LogP contribution in [0.4, 0.5) is 0 Å². The molecule has 0 saturated carbocycles. The molecule has 22 heavy (non-hydrogen) atoms. The SMILES string of the molecule is CC(C)(C)C(C)(C)C#N.CCN1CCN(CC(C)(C)C)CC1. The smallest absolute Gasteiger partial charge is 0.0689 e. The maximum absolute atomic E-state index is 8.68. The molecule has 1 saturated heterocycles. The second-order valence-corrected chi connectivity index (χ2v) is 9.26. The van der Waals surface area contributed by atoms with Crippen LogP contribution in [0.5, 0.6) is 0 Å². The molecule has 0 unspecified atom stereocenters. The third kappa shape index (κ3) is 8.15. The second-order valence-electron chi connectivity index (χ2n) is 9.26. The summed E-state index contributed by atoms with van der Waals surface area (Å²) in [4.78, 5) is 5.12. The number of nitrogens with zero attached hydrogens (tertiary/aromatic N) is 3. The zero-order valence-electron chi connectivity index (χ0n) is 16.6. The average molecular weight is 310 g/mol. The summed E-state index contributed by atoms with van der Waals surface area (Å²) in [6.45, 7) is 26.9. The minimum atomic E-state index is -0.215.